The zero-order valence-electron chi connectivity index (χ0n) is 14.4. The van der Waals surface area contributed by atoms with Crippen LogP contribution in [-0.2, 0) is 19.3 Å². The lowest BCUT2D eigenvalue weighted by Gasteiger charge is -2.10. The van der Waals surface area contributed by atoms with Gasteiger partial charge in [-0.1, -0.05) is 22.9 Å². The quantitative estimate of drug-likeness (QED) is 0.479. The smallest absolute Gasteiger partial charge is 0.451 e. The van der Waals surface area contributed by atoms with E-state index in [1.807, 2.05) is 0 Å². The maximum absolute atomic E-state index is 14.1. The van der Waals surface area contributed by atoms with Crippen LogP contribution >= 0.6 is 11.6 Å². The predicted molar refractivity (Wildman–Crippen MR) is 94.7 cm³/mol. The molecule has 0 fully saturated rings. The van der Waals surface area contributed by atoms with Crippen LogP contribution in [0.4, 0.5) is 23.4 Å². The Kier molecular flexibility index (Phi) is 4.82. The second-order valence-electron chi connectivity index (χ2n) is 5.95. The monoisotopic (exact) mass is 426 g/mol. The van der Waals surface area contributed by atoms with Gasteiger partial charge in [0.25, 0.3) is 0 Å². The molecule has 7 nitrogen and oxygen atoms in total. The van der Waals surface area contributed by atoms with Crippen LogP contribution in [0.25, 0.3) is 11.2 Å². The Labute approximate surface area is 165 Å². The van der Waals surface area contributed by atoms with Gasteiger partial charge in [-0.05, 0) is 24.3 Å². The van der Waals surface area contributed by atoms with Crippen LogP contribution in [0, 0.1) is 5.82 Å². The van der Waals surface area contributed by atoms with Gasteiger partial charge in [0.05, 0.1) is 19.4 Å². The molecule has 150 valence electrons. The van der Waals surface area contributed by atoms with Crippen molar-refractivity contribution in [2.45, 2.75) is 19.3 Å². The summed E-state index contributed by atoms with van der Waals surface area (Å²) in [5.41, 5.74) is -0.163. The van der Waals surface area contributed by atoms with Crippen molar-refractivity contribution < 1.29 is 22.0 Å². The average Bonchev–Trinajstić information content (AvgIpc) is 3.32. The van der Waals surface area contributed by atoms with Crippen molar-refractivity contribution in [3.8, 4) is 0 Å². The van der Waals surface area contributed by atoms with Gasteiger partial charge in [-0.2, -0.15) is 13.2 Å². The number of nitrogens with zero attached hydrogens (tertiary/aromatic N) is 5. The zero-order valence-corrected chi connectivity index (χ0v) is 15.2. The van der Waals surface area contributed by atoms with E-state index in [0.717, 1.165) is 4.68 Å². The van der Waals surface area contributed by atoms with Crippen molar-refractivity contribution in [2.24, 2.45) is 0 Å². The zero-order chi connectivity index (χ0) is 20.6. The van der Waals surface area contributed by atoms with E-state index in [0.29, 0.717) is 5.76 Å². The van der Waals surface area contributed by atoms with E-state index in [2.05, 4.69) is 25.6 Å². The number of hydrogen-bond acceptors (Lipinski definition) is 6. The third-order valence-corrected chi connectivity index (χ3v) is 4.35. The molecule has 1 aromatic carbocycles. The Balaban J connectivity index is 1.78. The van der Waals surface area contributed by atoms with E-state index in [9.17, 15) is 17.6 Å². The highest BCUT2D eigenvalue weighted by Crippen LogP contribution is 2.30. The molecule has 0 aliphatic carbocycles. The maximum atomic E-state index is 14.1. The summed E-state index contributed by atoms with van der Waals surface area (Å²) >= 11 is 6.00. The van der Waals surface area contributed by atoms with E-state index < -0.39 is 17.8 Å². The minimum Gasteiger partial charge on any atom is -0.467 e. The molecule has 12 heteroatoms. The third kappa shape index (κ3) is 3.86. The highest BCUT2D eigenvalue weighted by Gasteiger charge is 2.36. The summed E-state index contributed by atoms with van der Waals surface area (Å²) < 4.78 is 60.2. The molecule has 4 aromatic rings. The maximum Gasteiger partial charge on any atom is 0.451 e. The van der Waals surface area contributed by atoms with E-state index in [1.165, 1.54) is 24.5 Å². The lowest BCUT2D eigenvalue weighted by atomic mass is 10.2. The molecule has 4 rings (SSSR count). The summed E-state index contributed by atoms with van der Waals surface area (Å²) in [6, 6.07) is 7.36. The van der Waals surface area contributed by atoms with Gasteiger partial charge in [0.2, 0.25) is 5.82 Å². The fraction of sp³-hybridized carbons (Fsp3) is 0.176. The van der Waals surface area contributed by atoms with Gasteiger partial charge in [0, 0.05) is 10.6 Å². The summed E-state index contributed by atoms with van der Waals surface area (Å²) in [5.74, 6) is -1.70. The van der Waals surface area contributed by atoms with Crippen molar-refractivity contribution in [3.63, 3.8) is 0 Å². The molecule has 0 saturated carbocycles. The number of fused-ring (bicyclic) bond motifs is 1. The third-order valence-electron chi connectivity index (χ3n) is 4.00. The van der Waals surface area contributed by atoms with E-state index >= 15 is 0 Å². The molecular formula is C17H11ClF4N6O. The van der Waals surface area contributed by atoms with Gasteiger partial charge in [0.15, 0.2) is 17.0 Å². The van der Waals surface area contributed by atoms with Crippen LogP contribution < -0.4 is 5.32 Å². The fourth-order valence-corrected chi connectivity index (χ4v) is 2.85. The molecule has 3 aromatic heterocycles. The minimum absolute atomic E-state index is 0.00276. The molecule has 0 spiro atoms. The fourth-order valence-electron chi connectivity index (χ4n) is 2.63. The van der Waals surface area contributed by atoms with E-state index in [1.54, 1.807) is 12.1 Å². The topological polar surface area (TPSA) is 81.7 Å². The molecule has 0 unspecified atom stereocenters. The molecule has 0 aliphatic rings. The van der Waals surface area contributed by atoms with Crippen LogP contribution in [0.3, 0.4) is 0 Å². The molecule has 0 aliphatic heterocycles. The number of anilines is 1. The molecular weight excluding hydrogens is 416 g/mol. The Morgan fingerprint density at radius 3 is 2.66 bits per heavy atom. The van der Waals surface area contributed by atoms with Gasteiger partial charge in [-0.25, -0.2) is 19.0 Å². The van der Waals surface area contributed by atoms with Gasteiger partial charge in [-0.15, -0.1) is 5.10 Å². The van der Waals surface area contributed by atoms with Gasteiger partial charge in [0.1, 0.15) is 11.6 Å². The Morgan fingerprint density at radius 2 is 1.97 bits per heavy atom. The first-order chi connectivity index (χ1) is 13.8. The number of furan rings is 1. The Morgan fingerprint density at radius 1 is 1.14 bits per heavy atom. The summed E-state index contributed by atoms with van der Waals surface area (Å²) in [6.45, 7) is -0.184. The van der Waals surface area contributed by atoms with Crippen molar-refractivity contribution >= 4 is 28.6 Å². The number of hydrogen-bond donors (Lipinski definition) is 1. The molecule has 1 N–H and O–H groups in total. The number of rotatable bonds is 5. The van der Waals surface area contributed by atoms with Gasteiger partial charge in [-0.3, -0.25) is 0 Å². The second kappa shape index (κ2) is 7.32. The Bertz CT molecular complexity index is 1140. The lowest BCUT2D eigenvalue weighted by Crippen LogP contribution is -2.15. The highest BCUT2D eigenvalue weighted by molar-refractivity contribution is 6.31. The molecule has 0 bridgehead atoms. The van der Waals surface area contributed by atoms with Crippen LogP contribution in [0.5, 0.6) is 0 Å². The molecule has 0 atom stereocenters. The average molecular weight is 427 g/mol. The number of alkyl halides is 3. The van der Waals surface area contributed by atoms with Gasteiger partial charge >= 0.3 is 6.18 Å². The summed E-state index contributed by atoms with van der Waals surface area (Å²) in [5, 5.41) is 10.5. The Hall–Kier alpha value is -3.21. The normalized spacial score (nSPS) is 11.9. The molecule has 29 heavy (non-hydrogen) atoms. The SMILES string of the molecule is Fc1cccc(Cl)c1Cn1nnc2c(NCc3ccco3)nc(C(F)(F)F)nc21. The largest absolute Gasteiger partial charge is 0.467 e. The first kappa shape index (κ1) is 19.1. The van der Waals surface area contributed by atoms with Crippen molar-refractivity contribution in [1.29, 1.82) is 0 Å². The summed E-state index contributed by atoms with van der Waals surface area (Å²) in [7, 11) is 0. The van der Waals surface area contributed by atoms with E-state index in [-0.39, 0.29) is 40.7 Å². The molecule has 0 radical (unpaired) electrons. The number of benzene rings is 1. The van der Waals surface area contributed by atoms with Gasteiger partial charge < -0.3 is 9.73 Å². The molecule has 3 heterocycles. The molecule has 0 amide bonds. The minimum atomic E-state index is -4.81. The predicted octanol–water partition coefficient (Wildman–Crippen LogP) is 4.29. The number of nitrogens with one attached hydrogen (secondary N) is 1. The van der Waals surface area contributed by atoms with Crippen molar-refractivity contribution in [1.82, 2.24) is 25.0 Å². The number of aromatic nitrogens is 5. The van der Waals surface area contributed by atoms with Crippen LogP contribution in [0.1, 0.15) is 17.1 Å². The highest BCUT2D eigenvalue weighted by atomic mass is 35.5. The first-order valence-corrected chi connectivity index (χ1v) is 8.58. The summed E-state index contributed by atoms with van der Waals surface area (Å²) in [6.07, 6.45) is -3.37. The van der Waals surface area contributed by atoms with Crippen LogP contribution in [-0.4, -0.2) is 25.0 Å². The standard InChI is InChI=1S/C17H11ClF4N6O/c18-11-4-1-5-12(19)10(11)8-28-15-13(26-27-28)14(23-7-9-3-2-6-29-9)24-16(25-15)17(20,21)22/h1-6H,7-8H2,(H,23,24,25). The second-order valence-corrected chi connectivity index (χ2v) is 6.35. The van der Waals surface area contributed by atoms with E-state index in [4.69, 9.17) is 16.0 Å². The van der Waals surface area contributed by atoms with Crippen molar-refractivity contribution in [2.75, 3.05) is 5.32 Å². The molecule has 0 saturated heterocycles. The lowest BCUT2D eigenvalue weighted by molar-refractivity contribution is -0.144. The number of halogens is 5. The van der Waals surface area contributed by atoms with Crippen molar-refractivity contribution in [3.05, 3.63) is 64.6 Å². The first-order valence-electron chi connectivity index (χ1n) is 8.20. The summed E-state index contributed by atoms with van der Waals surface area (Å²) in [4.78, 5) is 7.06. The van der Waals surface area contributed by atoms with Crippen LogP contribution in [0.15, 0.2) is 41.0 Å². The van der Waals surface area contributed by atoms with Crippen LogP contribution in [0.2, 0.25) is 5.02 Å².